The van der Waals surface area contributed by atoms with E-state index in [0.29, 0.717) is 32.4 Å². The fourth-order valence-electron chi connectivity index (χ4n) is 2.71. The van der Waals surface area contributed by atoms with Crippen molar-refractivity contribution in [1.29, 1.82) is 0 Å². The molecule has 0 radical (unpaired) electrons. The topological polar surface area (TPSA) is 81.7 Å². The van der Waals surface area contributed by atoms with Gasteiger partial charge in [-0.05, 0) is 36.3 Å². The zero-order valence-corrected chi connectivity index (χ0v) is 15.2. The van der Waals surface area contributed by atoms with Gasteiger partial charge in [-0.2, -0.15) is 0 Å². The molecule has 1 aliphatic rings. The molecule has 2 rings (SSSR count). The second-order valence-corrected chi connectivity index (χ2v) is 7.23. The number of fused-ring (bicyclic) bond motifs is 1. The summed E-state index contributed by atoms with van der Waals surface area (Å²) in [7, 11) is 0. The minimum absolute atomic E-state index is 0.0609. The highest BCUT2D eigenvalue weighted by Gasteiger charge is 2.23. The van der Waals surface area contributed by atoms with Gasteiger partial charge in [-0.3, -0.25) is 4.79 Å². The van der Waals surface area contributed by atoms with E-state index < -0.39 is 5.60 Å². The zero-order valence-electron chi connectivity index (χ0n) is 14.4. The van der Waals surface area contributed by atoms with Gasteiger partial charge in [-0.25, -0.2) is 4.79 Å². The lowest BCUT2D eigenvalue weighted by Crippen LogP contribution is -2.46. The van der Waals surface area contributed by atoms with Crippen molar-refractivity contribution in [3.8, 4) is 0 Å². The Hall–Kier alpha value is -1.60. The van der Waals surface area contributed by atoms with Crippen molar-refractivity contribution < 1.29 is 14.7 Å². The van der Waals surface area contributed by atoms with Crippen LogP contribution >= 0.6 is 11.3 Å². The Morgan fingerprint density at radius 2 is 2.08 bits per heavy atom. The molecular weight excluding hydrogens is 326 g/mol. The largest absolute Gasteiger partial charge is 0.388 e. The van der Waals surface area contributed by atoms with Gasteiger partial charge in [0.1, 0.15) is 0 Å². The summed E-state index contributed by atoms with van der Waals surface area (Å²) in [5.41, 5.74) is 0.378. The van der Waals surface area contributed by atoms with Gasteiger partial charge in [0.05, 0.1) is 5.60 Å². The number of urea groups is 1. The molecule has 0 bridgehead atoms. The van der Waals surface area contributed by atoms with Gasteiger partial charge in [0.2, 0.25) is 5.91 Å². The summed E-state index contributed by atoms with van der Waals surface area (Å²) in [4.78, 5) is 27.2. The number of nitrogens with one attached hydrogen (secondary N) is 2. The lowest BCUT2D eigenvalue weighted by atomic mass is 9.98. The van der Waals surface area contributed by atoms with Crippen LogP contribution in [-0.2, 0) is 17.8 Å². The van der Waals surface area contributed by atoms with Crippen molar-refractivity contribution in [2.45, 2.75) is 51.7 Å². The van der Waals surface area contributed by atoms with Crippen LogP contribution in [0.15, 0.2) is 11.4 Å². The quantitative estimate of drug-likeness (QED) is 0.700. The van der Waals surface area contributed by atoms with E-state index in [2.05, 4.69) is 22.1 Å². The van der Waals surface area contributed by atoms with Crippen LogP contribution in [0.1, 0.15) is 43.6 Å². The monoisotopic (exact) mass is 353 g/mol. The molecule has 0 atom stereocenters. The molecule has 0 saturated heterocycles. The molecule has 0 spiro atoms. The highest BCUT2D eigenvalue weighted by Crippen LogP contribution is 2.24. The number of thiophene rings is 1. The van der Waals surface area contributed by atoms with E-state index in [0.717, 1.165) is 13.0 Å². The van der Waals surface area contributed by atoms with Crippen LogP contribution in [0.25, 0.3) is 0 Å². The zero-order chi connectivity index (χ0) is 17.6. The lowest BCUT2D eigenvalue weighted by Gasteiger charge is -2.27. The fraction of sp³-hybridized carbons (Fsp3) is 0.647. The molecule has 2 heterocycles. The van der Waals surface area contributed by atoms with Crippen molar-refractivity contribution in [3.63, 3.8) is 0 Å². The van der Waals surface area contributed by atoms with Crippen LogP contribution in [0.5, 0.6) is 0 Å². The Kier molecular flexibility index (Phi) is 6.62. The van der Waals surface area contributed by atoms with Gasteiger partial charge in [0.25, 0.3) is 0 Å². The van der Waals surface area contributed by atoms with Gasteiger partial charge < -0.3 is 20.6 Å². The molecule has 1 aliphatic heterocycles. The normalized spacial score (nSPS) is 14.2. The van der Waals surface area contributed by atoms with Gasteiger partial charge in [-0.1, -0.05) is 13.8 Å². The summed E-state index contributed by atoms with van der Waals surface area (Å²) in [5.74, 6) is 0.0609. The molecule has 0 fully saturated rings. The molecule has 0 saturated carbocycles. The maximum absolute atomic E-state index is 12.2. The second kappa shape index (κ2) is 8.48. The van der Waals surface area contributed by atoms with Gasteiger partial charge in [0.15, 0.2) is 0 Å². The first-order valence-corrected chi connectivity index (χ1v) is 9.42. The number of amides is 3. The highest BCUT2D eigenvalue weighted by molar-refractivity contribution is 7.10. The molecule has 134 valence electrons. The molecule has 0 aromatic carbocycles. The predicted octanol–water partition coefficient (Wildman–Crippen LogP) is 1.87. The fourth-order valence-corrected chi connectivity index (χ4v) is 3.60. The molecule has 1 aromatic rings. The Morgan fingerprint density at radius 1 is 1.33 bits per heavy atom. The van der Waals surface area contributed by atoms with Crippen LogP contribution < -0.4 is 10.6 Å². The highest BCUT2D eigenvalue weighted by atomic mass is 32.1. The van der Waals surface area contributed by atoms with Crippen molar-refractivity contribution in [3.05, 3.63) is 21.9 Å². The molecule has 24 heavy (non-hydrogen) atoms. The Bertz CT molecular complexity index is 569. The van der Waals surface area contributed by atoms with Crippen LogP contribution in [-0.4, -0.2) is 47.2 Å². The van der Waals surface area contributed by atoms with E-state index in [1.807, 2.05) is 18.7 Å². The van der Waals surface area contributed by atoms with Gasteiger partial charge in [-0.15, -0.1) is 11.3 Å². The summed E-state index contributed by atoms with van der Waals surface area (Å²) in [6.45, 7) is 5.71. The van der Waals surface area contributed by atoms with E-state index in [-0.39, 0.29) is 18.5 Å². The van der Waals surface area contributed by atoms with Crippen LogP contribution in [0.3, 0.4) is 0 Å². The first-order chi connectivity index (χ1) is 11.5. The maximum Gasteiger partial charge on any atom is 0.314 e. The molecular formula is C17H27N3O3S. The molecule has 0 unspecified atom stereocenters. The standard InChI is InChI=1S/C17H27N3O3S/c1-3-17(23,4-2)12-19-16(22)18-8-5-15(21)20-9-6-14-13(11-20)7-10-24-14/h7,10,23H,3-6,8-9,11-12H2,1-2H3,(H2,18,19,22). The summed E-state index contributed by atoms with van der Waals surface area (Å²) in [5, 5.41) is 17.5. The second-order valence-electron chi connectivity index (χ2n) is 6.23. The maximum atomic E-state index is 12.2. The van der Waals surface area contributed by atoms with Crippen molar-refractivity contribution in [2.75, 3.05) is 19.6 Å². The first kappa shape index (κ1) is 18.7. The van der Waals surface area contributed by atoms with Gasteiger partial charge in [0, 0.05) is 37.5 Å². The Balaban J connectivity index is 1.67. The third-order valence-corrected chi connectivity index (χ3v) is 5.70. The third-order valence-electron chi connectivity index (χ3n) is 4.68. The first-order valence-electron chi connectivity index (χ1n) is 8.54. The van der Waals surface area contributed by atoms with Crippen molar-refractivity contribution in [2.24, 2.45) is 0 Å². The molecule has 3 N–H and O–H groups in total. The SMILES string of the molecule is CCC(O)(CC)CNC(=O)NCCC(=O)N1CCc2sccc2C1. The minimum atomic E-state index is -0.862. The van der Waals surface area contributed by atoms with E-state index in [1.165, 1.54) is 10.4 Å². The molecule has 6 nitrogen and oxygen atoms in total. The number of rotatable bonds is 7. The number of carbonyl (C=O) groups is 2. The van der Waals surface area contributed by atoms with Crippen LogP contribution in [0.2, 0.25) is 0 Å². The molecule has 7 heteroatoms. The number of nitrogens with zero attached hydrogens (tertiary/aromatic N) is 1. The summed E-state index contributed by atoms with van der Waals surface area (Å²) < 4.78 is 0. The van der Waals surface area contributed by atoms with Crippen LogP contribution in [0.4, 0.5) is 4.79 Å². The Labute approximate surface area is 147 Å². The average molecular weight is 353 g/mol. The number of hydrogen-bond donors (Lipinski definition) is 3. The average Bonchev–Trinajstić information content (AvgIpc) is 3.07. The Morgan fingerprint density at radius 3 is 2.79 bits per heavy atom. The van der Waals surface area contributed by atoms with Crippen molar-refractivity contribution >= 4 is 23.3 Å². The van der Waals surface area contributed by atoms with E-state index in [4.69, 9.17) is 0 Å². The predicted molar refractivity (Wildman–Crippen MR) is 95.0 cm³/mol. The number of aliphatic hydroxyl groups is 1. The summed E-state index contributed by atoms with van der Waals surface area (Å²) in [6.07, 6.45) is 2.38. The summed E-state index contributed by atoms with van der Waals surface area (Å²) in [6, 6.07) is 1.73. The van der Waals surface area contributed by atoms with Gasteiger partial charge >= 0.3 is 6.03 Å². The molecule has 3 amide bonds. The van der Waals surface area contributed by atoms with E-state index in [9.17, 15) is 14.7 Å². The molecule has 0 aliphatic carbocycles. The minimum Gasteiger partial charge on any atom is -0.388 e. The smallest absolute Gasteiger partial charge is 0.314 e. The lowest BCUT2D eigenvalue weighted by molar-refractivity contribution is -0.131. The van der Waals surface area contributed by atoms with Crippen LogP contribution in [0, 0.1) is 0 Å². The van der Waals surface area contributed by atoms with E-state index in [1.54, 1.807) is 11.3 Å². The molecule has 1 aromatic heterocycles. The third kappa shape index (κ3) is 4.95. The number of hydrogen-bond acceptors (Lipinski definition) is 4. The van der Waals surface area contributed by atoms with E-state index >= 15 is 0 Å². The number of carbonyl (C=O) groups excluding carboxylic acids is 2. The van der Waals surface area contributed by atoms with Crippen molar-refractivity contribution in [1.82, 2.24) is 15.5 Å². The summed E-state index contributed by atoms with van der Waals surface area (Å²) >= 11 is 1.75.